The second kappa shape index (κ2) is 7.10. The third kappa shape index (κ3) is 4.35. The standard InChI is InChI=1S/C19H21ClN2O2S/c1-19(2)11-16(15-10-14(23-3)8-9-17(15)24-19)22-18(25)21-13-6-4-12(20)5-7-13/h4-10,16H,11H2,1-3H3,(H2,21,22,25). The zero-order valence-corrected chi connectivity index (χ0v) is 16.0. The first kappa shape index (κ1) is 17.8. The van der Waals surface area contributed by atoms with E-state index in [4.69, 9.17) is 33.3 Å². The van der Waals surface area contributed by atoms with Crippen molar-refractivity contribution in [3.63, 3.8) is 0 Å². The first-order valence-electron chi connectivity index (χ1n) is 8.06. The highest BCUT2D eigenvalue weighted by atomic mass is 35.5. The Morgan fingerprint density at radius 3 is 2.64 bits per heavy atom. The monoisotopic (exact) mass is 376 g/mol. The number of anilines is 1. The zero-order chi connectivity index (χ0) is 18.0. The molecule has 4 nitrogen and oxygen atoms in total. The highest BCUT2D eigenvalue weighted by Gasteiger charge is 2.34. The summed E-state index contributed by atoms with van der Waals surface area (Å²) in [6.45, 7) is 4.15. The highest BCUT2D eigenvalue weighted by Crippen LogP contribution is 2.41. The topological polar surface area (TPSA) is 42.5 Å². The quantitative estimate of drug-likeness (QED) is 0.743. The van der Waals surface area contributed by atoms with Crippen LogP contribution in [0, 0.1) is 0 Å². The number of fused-ring (bicyclic) bond motifs is 1. The number of nitrogens with one attached hydrogen (secondary N) is 2. The third-order valence-electron chi connectivity index (χ3n) is 4.08. The van der Waals surface area contributed by atoms with Crippen molar-refractivity contribution in [3.05, 3.63) is 53.1 Å². The van der Waals surface area contributed by atoms with Gasteiger partial charge >= 0.3 is 0 Å². The Balaban J connectivity index is 1.79. The van der Waals surface area contributed by atoms with Crippen LogP contribution in [0.4, 0.5) is 5.69 Å². The SMILES string of the molecule is COc1ccc2c(c1)C(NC(=S)Nc1ccc(Cl)cc1)CC(C)(C)O2. The summed E-state index contributed by atoms with van der Waals surface area (Å²) >= 11 is 11.4. The molecule has 1 aliphatic heterocycles. The summed E-state index contributed by atoms with van der Waals surface area (Å²) < 4.78 is 11.4. The van der Waals surface area contributed by atoms with Gasteiger partial charge in [0.15, 0.2) is 5.11 Å². The molecule has 1 heterocycles. The first-order valence-corrected chi connectivity index (χ1v) is 8.85. The fourth-order valence-electron chi connectivity index (χ4n) is 2.95. The van der Waals surface area contributed by atoms with Crippen LogP contribution >= 0.6 is 23.8 Å². The van der Waals surface area contributed by atoms with Crippen LogP contribution in [0.2, 0.25) is 5.02 Å². The maximum atomic E-state index is 6.09. The maximum Gasteiger partial charge on any atom is 0.171 e. The molecule has 0 aromatic heterocycles. The molecule has 0 saturated heterocycles. The molecule has 0 spiro atoms. The van der Waals surface area contributed by atoms with E-state index < -0.39 is 0 Å². The number of methoxy groups -OCH3 is 1. The van der Waals surface area contributed by atoms with Crippen molar-refractivity contribution in [1.29, 1.82) is 0 Å². The van der Waals surface area contributed by atoms with Crippen LogP contribution < -0.4 is 20.1 Å². The van der Waals surface area contributed by atoms with Gasteiger partial charge in [0.25, 0.3) is 0 Å². The number of thiocarbonyl (C=S) groups is 1. The third-order valence-corrected chi connectivity index (χ3v) is 4.55. The van der Waals surface area contributed by atoms with Crippen LogP contribution in [0.1, 0.15) is 31.9 Å². The molecule has 0 amide bonds. The number of halogens is 1. The molecule has 3 rings (SSSR count). The van der Waals surface area contributed by atoms with Gasteiger partial charge in [-0.2, -0.15) is 0 Å². The van der Waals surface area contributed by atoms with Gasteiger partial charge in [0, 0.05) is 22.7 Å². The molecule has 0 aliphatic carbocycles. The summed E-state index contributed by atoms with van der Waals surface area (Å²) in [4.78, 5) is 0. The number of hydrogen-bond acceptors (Lipinski definition) is 3. The van der Waals surface area contributed by atoms with Gasteiger partial charge < -0.3 is 20.1 Å². The molecular formula is C19H21ClN2O2S. The number of hydrogen-bond donors (Lipinski definition) is 2. The van der Waals surface area contributed by atoms with Crippen molar-refractivity contribution in [3.8, 4) is 11.5 Å². The molecule has 2 N–H and O–H groups in total. The predicted octanol–water partition coefficient (Wildman–Crippen LogP) is 4.94. The fourth-order valence-corrected chi connectivity index (χ4v) is 3.33. The average molecular weight is 377 g/mol. The molecule has 1 atom stereocenters. The average Bonchev–Trinajstić information content (AvgIpc) is 2.55. The Morgan fingerprint density at radius 1 is 1.24 bits per heavy atom. The lowest BCUT2D eigenvalue weighted by Gasteiger charge is -2.38. The van der Waals surface area contributed by atoms with Gasteiger partial charge in [0.05, 0.1) is 13.2 Å². The van der Waals surface area contributed by atoms with Crippen LogP contribution in [0.25, 0.3) is 0 Å². The van der Waals surface area contributed by atoms with E-state index >= 15 is 0 Å². The summed E-state index contributed by atoms with van der Waals surface area (Å²) in [5, 5.41) is 7.84. The molecule has 25 heavy (non-hydrogen) atoms. The largest absolute Gasteiger partial charge is 0.497 e. The Hall–Kier alpha value is -1.98. The first-order chi connectivity index (χ1) is 11.9. The maximum absolute atomic E-state index is 6.09. The van der Waals surface area contributed by atoms with Gasteiger partial charge in [0.2, 0.25) is 0 Å². The number of rotatable bonds is 3. The lowest BCUT2D eigenvalue weighted by Crippen LogP contribution is -2.42. The Kier molecular flexibility index (Phi) is 5.06. The molecule has 1 unspecified atom stereocenters. The van der Waals surface area contributed by atoms with Crippen LogP contribution in [0.15, 0.2) is 42.5 Å². The number of benzene rings is 2. The molecule has 0 bridgehead atoms. The lowest BCUT2D eigenvalue weighted by molar-refractivity contribution is 0.0695. The summed E-state index contributed by atoms with van der Waals surface area (Å²) in [7, 11) is 1.66. The van der Waals surface area contributed by atoms with Crippen LogP contribution in [-0.4, -0.2) is 17.8 Å². The number of ether oxygens (including phenoxy) is 2. The van der Waals surface area contributed by atoms with Crippen molar-refractivity contribution in [2.24, 2.45) is 0 Å². The van der Waals surface area contributed by atoms with E-state index in [1.165, 1.54) is 0 Å². The fraction of sp³-hybridized carbons (Fsp3) is 0.316. The molecular weight excluding hydrogens is 356 g/mol. The summed E-state index contributed by atoms with van der Waals surface area (Å²) in [5.74, 6) is 1.65. The van der Waals surface area contributed by atoms with Gasteiger partial charge in [-0.3, -0.25) is 0 Å². The minimum absolute atomic E-state index is 0.0288. The van der Waals surface area contributed by atoms with E-state index in [1.54, 1.807) is 7.11 Å². The van der Waals surface area contributed by atoms with E-state index in [9.17, 15) is 0 Å². The van der Waals surface area contributed by atoms with E-state index in [1.807, 2.05) is 42.5 Å². The van der Waals surface area contributed by atoms with E-state index in [0.717, 1.165) is 29.2 Å². The molecule has 0 radical (unpaired) electrons. The Bertz CT molecular complexity index is 777. The van der Waals surface area contributed by atoms with Gasteiger partial charge in [-0.15, -0.1) is 0 Å². The summed E-state index contributed by atoms with van der Waals surface area (Å²) in [5.41, 5.74) is 1.65. The second-order valence-electron chi connectivity index (χ2n) is 6.63. The van der Waals surface area contributed by atoms with Crippen LogP contribution in [0.5, 0.6) is 11.5 Å². The van der Waals surface area contributed by atoms with Crippen LogP contribution in [0.3, 0.4) is 0 Å². The lowest BCUT2D eigenvalue weighted by atomic mass is 9.89. The van der Waals surface area contributed by atoms with E-state index in [2.05, 4.69) is 24.5 Å². The molecule has 0 fully saturated rings. The van der Waals surface area contributed by atoms with E-state index in [0.29, 0.717) is 10.1 Å². The normalized spacial score (nSPS) is 17.8. The summed E-state index contributed by atoms with van der Waals surface area (Å²) in [6, 6.07) is 13.3. The van der Waals surface area contributed by atoms with Crippen LogP contribution in [-0.2, 0) is 0 Å². The van der Waals surface area contributed by atoms with Crippen molar-refractivity contribution in [2.45, 2.75) is 31.9 Å². The van der Waals surface area contributed by atoms with Crippen molar-refractivity contribution in [1.82, 2.24) is 5.32 Å². The van der Waals surface area contributed by atoms with Crippen molar-refractivity contribution < 1.29 is 9.47 Å². The predicted molar refractivity (Wildman–Crippen MR) is 106 cm³/mol. The Labute approximate surface area is 158 Å². The van der Waals surface area contributed by atoms with Gasteiger partial charge in [-0.25, -0.2) is 0 Å². The zero-order valence-electron chi connectivity index (χ0n) is 14.4. The molecule has 2 aromatic carbocycles. The molecule has 6 heteroatoms. The smallest absolute Gasteiger partial charge is 0.171 e. The Morgan fingerprint density at radius 2 is 1.96 bits per heavy atom. The minimum Gasteiger partial charge on any atom is -0.497 e. The molecule has 2 aromatic rings. The molecule has 1 aliphatic rings. The van der Waals surface area contributed by atoms with Gasteiger partial charge in [-0.05, 0) is 68.5 Å². The van der Waals surface area contributed by atoms with Gasteiger partial charge in [0.1, 0.15) is 17.1 Å². The molecule has 0 saturated carbocycles. The van der Waals surface area contributed by atoms with E-state index in [-0.39, 0.29) is 11.6 Å². The second-order valence-corrected chi connectivity index (χ2v) is 7.47. The molecule has 132 valence electrons. The van der Waals surface area contributed by atoms with Crippen molar-refractivity contribution in [2.75, 3.05) is 12.4 Å². The minimum atomic E-state index is -0.283. The van der Waals surface area contributed by atoms with Crippen molar-refractivity contribution >= 4 is 34.6 Å². The highest BCUT2D eigenvalue weighted by molar-refractivity contribution is 7.80. The summed E-state index contributed by atoms with van der Waals surface area (Å²) in [6.07, 6.45) is 0.787. The van der Waals surface area contributed by atoms with Gasteiger partial charge in [-0.1, -0.05) is 11.6 Å².